The molecule has 0 aromatic rings. The molecule has 0 aliphatic heterocycles. The lowest BCUT2D eigenvalue weighted by Gasteiger charge is -2.20. The van der Waals surface area contributed by atoms with E-state index in [1.165, 1.54) is 0 Å². The van der Waals surface area contributed by atoms with Crippen molar-refractivity contribution in [3.05, 3.63) is 0 Å². The molecule has 18 heavy (non-hydrogen) atoms. The molecule has 0 aliphatic carbocycles. The molecular weight excluding hydrogens is 275 g/mol. The molecule has 0 rings (SSSR count). The zero-order valence-electron chi connectivity index (χ0n) is 11.5. The minimum atomic E-state index is -3.19. The summed E-state index contributed by atoms with van der Waals surface area (Å²) in [5, 5.41) is -0.506. The normalized spacial score (nSPS) is 13.6. The Bertz CT molecular complexity index is 269. The van der Waals surface area contributed by atoms with Gasteiger partial charge in [0.25, 0.3) is 0 Å². The van der Waals surface area contributed by atoms with Crippen molar-refractivity contribution in [2.45, 2.75) is 46.5 Å². The molecule has 6 heteroatoms. The second kappa shape index (κ2) is 9.96. The Kier molecular flexibility index (Phi) is 10.0. The van der Waals surface area contributed by atoms with Crippen molar-refractivity contribution < 1.29 is 18.4 Å². The third kappa shape index (κ3) is 8.25. The molecule has 1 unspecified atom stereocenters. The first-order valence-corrected chi connectivity index (χ1v) is 8.63. The van der Waals surface area contributed by atoms with Gasteiger partial charge in [-0.25, -0.2) is 0 Å². The Morgan fingerprint density at radius 3 is 1.94 bits per heavy atom. The standard InChI is InChI=1S/C12H24ClO4P/c1-4-6-8-16-18(15,17-9-7-5-2)10-11(3)12(13)14/h11H,4-10H2,1-3H3. The minimum Gasteiger partial charge on any atom is -0.309 e. The summed E-state index contributed by atoms with van der Waals surface area (Å²) in [5.74, 6) is -0.513. The van der Waals surface area contributed by atoms with Gasteiger partial charge in [-0.05, 0) is 24.4 Å². The third-order valence-electron chi connectivity index (χ3n) is 2.46. The van der Waals surface area contributed by atoms with Gasteiger partial charge in [-0.15, -0.1) is 0 Å². The molecule has 4 nitrogen and oxygen atoms in total. The van der Waals surface area contributed by atoms with E-state index in [1.54, 1.807) is 6.92 Å². The summed E-state index contributed by atoms with van der Waals surface area (Å²) in [5.41, 5.74) is 0. The highest BCUT2D eigenvalue weighted by atomic mass is 35.5. The van der Waals surface area contributed by atoms with E-state index in [-0.39, 0.29) is 6.16 Å². The van der Waals surface area contributed by atoms with E-state index in [4.69, 9.17) is 20.6 Å². The smallest absolute Gasteiger partial charge is 0.309 e. The largest absolute Gasteiger partial charge is 0.331 e. The predicted octanol–water partition coefficient (Wildman–Crippen LogP) is 4.21. The number of carbonyl (C=O) groups is 1. The molecule has 108 valence electrons. The van der Waals surface area contributed by atoms with Crippen LogP contribution < -0.4 is 0 Å². The Morgan fingerprint density at radius 2 is 1.61 bits per heavy atom. The van der Waals surface area contributed by atoms with E-state index in [1.807, 2.05) is 13.8 Å². The van der Waals surface area contributed by atoms with Crippen LogP contribution in [0, 0.1) is 5.92 Å². The van der Waals surface area contributed by atoms with Crippen LogP contribution in [-0.4, -0.2) is 24.6 Å². The van der Waals surface area contributed by atoms with E-state index in [0.29, 0.717) is 13.2 Å². The summed E-state index contributed by atoms with van der Waals surface area (Å²) >= 11 is 5.39. The van der Waals surface area contributed by atoms with Gasteiger partial charge >= 0.3 is 7.60 Å². The summed E-state index contributed by atoms with van der Waals surface area (Å²) in [6.07, 6.45) is 3.62. The fourth-order valence-electron chi connectivity index (χ4n) is 1.25. The van der Waals surface area contributed by atoms with Gasteiger partial charge in [-0.3, -0.25) is 9.36 Å². The Balaban J connectivity index is 4.38. The van der Waals surface area contributed by atoms with Crippen molar-refractivity contribution in [2.24, 2.45) is 5.92 Å². The molecule has 0 N–H and O–H groups in total. The molecule has 0 aromatic heterocycles. The first-order chi connectivity index (χ1) is 8.45. The highest BCUT2D eigenvalue weighted by Gasteiger charge is 2.29. The SMILES string of the molecule is CCCCOP(=O)(CC(C)C(=O)Cl)OCCCC. The van der Waals surface area contributed by atoms with Gasteiger partial charge in [-0.2, -0.15) is 0 Å². The molecule has 0 bridgehead atoms. The highest BCUT2D eigenvalue weighted by Crippen LogP contribution is 2.50. The Labute approximate surface area is 115 Å². The third-order valence-corrected chi connectivity index (χ3v) is 4.98. The quantitative estimate of drug-likeness (QED) is 0.326. The molecule has 0 fully saturated rings. The lowest BCUT2D eigenvalue weighted by atomic mass is 10.2. The van der Waals surface area contributed by atoms with Crippen molar-refractivity contribution >= 4 is 24.4 Å². The number of rotatable bonds is 11. The van der Waals surface area contributed by atoms with Gasteiger partial charge in [-0.1, -0.05) is 33.6 Å². The van der Waals surface area contributed by atoms with Crippen LogP contribution >= 0.6 is 19.2 Å². The molecule has 0 aromatic carbocycles. The van der Waals surface area contributed by atoms with Crippen LogP contribution in [0.1, 0.15) is 46.5 Å². The molecule has 0 radical (unpaired) electrons. The summed E-state index contributed by atoms with van der Waals surface area (Å²) in [6, 6.07) is 0. The van der Waals surface area contributed by atoms with Crippen molar-refractivity contribution in [1.29, 1.82) is 0 Å². The monoisotopic (exact) mass is 298 g/mol. The fraction of sp³-hybridized carbons (Fsp3) is 0.917. The number of hydrogen-bond donors (Lipinski definition) is 0. The molecule has 1 atom stereocenters. The fourth-order valence-corrected chi connectivity index (χ4v) is 3.37. The second-order valence-electron chi connectivity index (χ2n) is 4.37. The van der Waals surface area contributed by atoms with E-state index in [2.05, 4.69) is 0 Å². The predicted molar refractivity (Wildman–Crippen MR) is 74.2 cm³/mol. The Morgan fingerprint density at radius 1 is 1.17 bits per heavy atom. The molecule has 0 aliphatic rings. The van der Waals surface area contributed by atoms with Crippen LogP contribution in [0.3, 0.4) is 0 Å². The van der Waals surface area contributed by atoms with Gasteiger partial charge in [0.2, 0.25) is 5.24 Å². The average molecular weight is 299 g/mol. The Hall–Kier alpha value is 0.110. The number of halogens is 1. The number of carbonyl (C=O) groups excluding carboxylic acids is 1. The lowest BCUT2D eigenvalue weighted by molar-refractivity contribution is -0.114. The maximum absolute atomic E-state index is 12.4. The van der Waals surface area contributed by atoms with Crippen LogP contribution in [-0.2, 0) is 18.4 Å². The molecule has 0 amide bonds. The first kappa shape index (κ1) is 18.1. The average Bonchev–Trinajstić information content (AvgIpc) is 2.29. The summed E-state index contributed by atoms with van der Waals surface area (Å²) in [4.78, 5) is 11.0. The van der Waals surface area contributed by atoms with Crippen LogP contribution in [0.15, 0.2) is 0 Å². The topological polar surface area (TPSA) is 52.6 Å². The molecule has 0 saturated heterocycles. The van der Waals surface area contributed by atoms with Crippen LogP contribution in [0.2, 0.25) is 0 Å². The highest BCUT2D eigenvalue weighted by molar-refractivity contribution is 7.53. The van der Waals surface area contributed by atoms with Crippen molar-refractivity contribution in [1.82, 2.24) is 0 Å². The van der Waals surface area contributed by atoms with Gasteiger partial charge in [0, 0.05) is 5.92 Å². The zero-order chi connectivity index (χ0) is 14.0. The zero-order valence-corrected chi connectivity index (χ0v) is 13.1. The van der Waals surface area contributed by atoms with Gasteiger partial charge < -0.3 is 9.05 Å². The second-order valence-corrected chi connectivity index (χ2v) is 6.85. The lowest BCUT2D eigenvalue weighted by Crippen LogP contribution is -2.13. The number of unbranched alkanes of at least 4 members (excludes halogenated alkanes) is 2. The minimum absolute atomic E-state index is 0.0583. The van der Waals surface area contributed by atoms with E-state index < -0.39 is 18.8 Å². The maximum Gasteiger partial charge on any atom is 0.331 e. The summed E-state index contributed by atoms with van der Waals surface area (Å²) < 4.78 is 23.1. The first-order valence-electron chi connectivity index (χ1n) is 6.52. The molecule has 0 heterocycles. The molecular formula is C12H24ClO4P. The summed E-state index contributed by atoms with van der Waals surface area (Å²) in [7, 11) is -3.19. The van der Waals surface area contributed by atoms with Crippen molar-refractivity contribution in [2.75, 3.05) is 19.4 Å². The number of hydrogen-bond acceptors (Lipinski definition) is 4. The van der Waals surface area contributed by atoms with Crippen molar-refractivity contribution in [3.8, 4) is 0 Å². The van der Waals surface area contributed by atoms with E-state index >= 15 is 0 Å². The summed E-state index contributed by atoms with van der Waals surface area (Å²) in [6.45, 7) is 6.47. The van der Waals surface area contributed by atoms with Gasteiger partial charge in [0.05, 0.1) is 19.4 Å². The van der Waals surface area contributed by atoms with Crippen molar-refractivity contribution in [3.63, 3.8) is 0 Å². The van der Waals surface area contributed by atoms with E-state index in [9.17, 15) is 9.36 Å². The van der Waals surface area contributed by atoms with Gasteiger partial charge in [0.1, 0.15) is 0 Å². The van der Waals surface area contributed by atoms with Crippen LogP contribution in [0.4, 0.5) is 0 Å². The molecule has 0 saturated carbocycles. The maximum atomic E-state index is 12.4. The van der Waals surface area contributed by atoms with Crippen LogP contribution in [0.5, 0.6) is 0 Å². The van der Waals surface area contributed by atoms with Gasteiger partial charge in [0.15, 0.2) is 0 Å². The van der Waals surface area contributed by atoms with Crippen LogP contribution in [0.25, 0.3) is 0 Å². The molecule has 0 spiro atoms. The van der Waals surface area contributed by atoms with E-state index in [0.717, 1.165) is 25.7 Å².